The molecule has 0 bridgehead atoms. The monoisotopic (exact) mass is 418 g/mol. The molecule has 6 nitrogen and oxygen atoms in total. The Morgan fingerprint density at radius 1 is 0.679 bits per heavy atom. The largest absolute Gasteiger partial charge is 0.505 e. The molecule has 0 unspecified atom stereocenters. The first-order valence-electron chi connectivity index (χ1n) is 8.07. The molecule has 0 aliphatic heterocycles. The number of fused-ring (bicyclic) bond motifs is 2. The summed E-state index contributed by atoms with van der Waals surface area (Å²) in [5.41, 5.74) is 0.849. The average molecular weight is 418 g/mol. The van der Waals surface area contributed by atoms with E-state index in [1.165, 1.54) is 24.3 Å². The number of phenols is 1. The molecule has 0 aliphatic carbocycles. The zero-order valence-corrected chi connectivity index (χ0v) is 17.7. The third-order valence-electron chi connectivity index (χ3n) is 4.28. The quantitative estimate of drug-likeness (QED) is 0.278. The first kappa shape index (κ1) is 20.7. The second kappa shape index (κ2) is 8.14. The molecule has 0 atom stereocenters. The molecule has 4 aromatic carbocycles. The number of benzene rings is 4. The number of hydrogen-bond acceptors (Lipinski definition) is 5. The molecule has 0 heterocycles. The Balaban J connectivity index is 0.00000225. The van der Waals surface area contributed by atoms with Gasteiger partial charge in [0, 0.05) is 53.9 Å². The Bertz CT molecular complexity index is 1320. The zero-order chi connectivity index (χ0) is 19.0. The Hall–Kier alpha value is -2.03. The van der Waals surface area contributed by atoms with Crippen LogP contribution in [0.4, 0.5) is 11.4 Å². The van der Waals surface area contributed by atoms with E-state index in [9.17, 15) is 18.1 Å². The summed E-state index contributed by atoms with van der Waals surface area (Å²) in [6.07, 6.45) is 0. The molecule has 0 amide bonds. The van der Waals surface area contributed by atoms with Crippen molar-refractivity contribution in [2.24, 2.45) is 10.2 Å². The van der Waals surface area contributed by atoms with Crippen LogP contribution in [0.25, 0.3) is 21.5 Å². The summed E-state index contributed by atoms with van der Waals surface area (Å²) < 4.78 is 32.4. The maximum Gasteiger partial charge on any atom is 0.295 e. The van der Waals surface area contributed by atoms with Crippen LogP contribution >= 0.6 is 0 Å². The van der Waals surface area contributed by atoms with Crippen molar-refractivity contribution in [3.63, 3.8) is 0 Å². The third kappa shape index (κ3) is 3.90. The van der Waals surface area contributed by atoms with E-state index < -0.39 is 10.1 Å². The average Bonchev–Trinajstić information content (AvgIpc) is 2.66. The molecule has 0 fully saturated rings. The number of rotatable bonds is 3. The molecule has 0 aromatic heterocycles. The number of aromatic hydroxyl groups is 1. The topological polar surface area (TPSA) is 99.3 Å². The smallest absolute Gasteiger partial charge is 0.295 e. The molecule has 0 spiro atoms. The summed E-state index contributed by atoms with van der Waals surface area (Å²) in [6.45, 7) is 0. The van der Waals surface area contributed by atoms with Crippen molar-refractivity contribution in [3.05, 3.63) is 72.8 Å². The maximum absolute atomic E-state index is 11.5. The molecule has 4 aromatic rings. The number of phenolic OH excluding ortho intramolecular Hbond substituents is 1. The summed E-state index contributed by atoms with van der Waals surface area (Å²) in [7, 11) is -4.40. The van der Waals surface area contributed by atoms with E-state index >= 15 is 0 Å². The Morgan fingerprint density at radius 3 is 2.11 bits per heavy atom. The minimum atomic E-state index is -4.40. The molecule has 136 valence electrons. The second-order valence-electron chi connectivity index (χ2n) is 5.96. The number of azo groups is 1. The van der Waals surface area contributed by atoms with Crippen molar-refractivity contribution in [2.75, 3.05) is 0 Å². The predicted molar refractivity (Wildman–Crippen MR) is 109 cm³/mol. The van der Waals surface area contributed by atoms with Gasteiger partial charge in [-0.2, -0.15) is 8.42 Å². The van der Waals surface area contributed by atoms with Crippen molar-refractivity contribution in [1.82, 2.24) is 0 Å². The van der Waals surface area contributed by atoms with E-state index in [1.807, 2.05) is 42.5 Å². The minimum Gasteiger partial charge on any atom is -0.505 e. The van der Waals surface area contributed by atoms with Gasteiger partial charge in [0.2, 0.25) is 0 Å². The van der Waals surface area contributed by atoms with E-state index in [-0.39, 0.29) is 64.8 Å². The molecule has 0 saturated heterocycles. The van der Waals surface area contributed by atoms with Gasteiger partial charge in [-0.05, 0) is 23.6 Å². The third-order valence-corrected chi connectivity index (χ3v) is 5.19. The molecule has 2 N–H and O–H groups in total. The van der Waals surface area contributed by atoms with E-state index in [0.29, 0.717) is 5.69 Å². The molecular formula is C20H14CaN2O4S. The zero-order valence-electron chi connectivity index (χ0n) is 14.6. The van der Waals surface area contributed by atoms with Crippen LogP contribution in [0.15, 0.2) is 87.9 Å². The van der Waals surface area contributed by atoms with Crippen LogP contribution in [0.5, 0.6) is 5.75 Å². The Morgan fingerprint density at radius 2 is 1.32 bits per heavy atom. The molecule has 0 saturated carbocycles. The SMILES string of the molecule is O=S(=O)(O)c1cccc2c(O)c(N=Nc3cccc4ccccc34)ccc12.[Ca]. The van der Waals surface area contributed by atoms with Crippen molar-refractivity contribution in [1.29, 1.82) is 0 Å². The van der Waals surface area contributed by atoms with Crippen molar-refractivity contribution < 1.29 is 18.1 Å². The summed E-state index contributed by atoms with van der Waals surface area (Å²) >= 11 is 0. The van der Waals surface area contributed by atoms with Gasteiger partial charge in [0.15, 0.2) is 5.75 Å². The standard InChI is InChI=1S/C20H14N2O4S.Ca/c23-20-16-8-4-10-19(27(24,25)26)15(16)11-12-18(20)22-21-17-9-3-6-13-5-1-2-7-14(13)17;/h1-12,23H,(H,24,25,26);. The van der Waals surface area contributed by atoms with Gasteiger partial charge in [-0.1, -0.05) is 54.6 Å². The fourth-order valence-corrected chi connectivity index (χ4v) is 3.72. The van der Waals surface area contributed by atoms with E-state index in [1.54, 1.807) is 6.07 Å². The first-order valence-corrected chi connectivity index (χ1v) is 9.51. The second-order valence-corrected chi connectivity index (χ2v) is 7.35. The molecule has 4 rings (SSSR count). The van der Waals surface area contributed by atoms with Gasteiger partial charge in [0.05, 0.1) is 5.69 Å². The number of nitrogens with zero attached hydrogens (tertiary/aromatic N) is 2. The molecular weight excluding hydrogens is 404 g/mol. The summed E-state index contributed by atoms with van der Waals surface area (Å²) in [6, 6.07) is 20.6. The molecule has 8 heteroatoms. The van der Waals surface area contributed by atoms with E-state index in [2.05, 4.69) is 10.2 Å². The minimum absolute atomic E-state index is 0. The Labute approximate surface area is 191 Å². The van der Waals surface area contributed by atoms with Crippen molar-refractivity contribution in [3.8, 4) is 5.75 Å². The van der Waals surface area contributed by atoms with Gasteiger partial charge in [-0.15, -0.1) is 10.2 Å². The van der Waals surface area contributed by atoms with Gasteiger partial charge in [0.25, 0.3) is 10.1 Å². The molecule has 28 heavy (non-hydrogen) atoms. The van der Waals surface area contributed by atoms with Crippen LogP contribution in [-0.4, -0.2) is 55.8 Å². The summed E-state index contributed by atoms with van der Waals surface area (Å²) in [5, 5.41) is 21.3. The number of hydrogen-bond donors (Lipinski definition) is 2. The molecule has 0 aliphatic rings. The van der Waals surface area contributed by atoms with Crippen LogP contribution in [0.2, 0.25) is 0 Å². The van der Waals surface area contributed by atoms with Crippen LogP contribution in [0.1, 0.15) is 0 Å². The van der Waals surface area contributed by atoms with Gasteiger partial charge >= 0.3 is 0 Å². The van der Waals surface area contributed by atoms with Gasteiger partial charge in [-0.3, -0.25) is 4.55 Å². The summed E-state index contributed by atoms with van der Waals surface area (Å²) in [5.74, 6) is -0.206. The van der Waals surface area contributed by atoms with Crippen LogP contribution < -0.4 is 0 Å². The van der Waals surface area contributed by atoms with E-state index in [4.69, 9.17) is 0 Å². The van der Waals surface area contributed by atoms with Crippen LogP contribution in [-0.2, 0) is 10.1 Å². The normalized spacial score (nSPS) is 11.8. The van der Waals surface area contributed by atoms with Crippen molar-refractivity contribution in [2.45, 2.75) is 4.90 Å². The van der Waals surface area contributed by atoms with Gasteiger partial charge < -0.3 is 5.11 Å². The van der Waals surface area contributed by atoms with Crippen LogP contribution in [0.3, 0.4) is 0 Å². The molecule has 2 radical (unpaired) electrons. The van der Waals surface area contributed by atoms with Gasteiger partial charge in [0.1, 0.15) is 10.6 Å². The predicted octanol–water partition coefficient (Wildman–Crippen LogP) is 4.98. The summed E-state index contributed by atoms with van der Waals surface area (Å²) in [4.78, 5) is -0.271. The van der Waals surface area contributed by atoms with Crippen LogP contribution in [0, 0.1) is 0 Å². The fourth-order valence-electron chi connectivity index (χ4n) is 3.01. The maximum atomic E-state index is 11.5. The first-order chi connectivity index (χ1) is 12.9. The Kier molecular flexibility index (Phi) is 6.02. The fraction of sp³-hybridized carbons (Fsp3) is 0. The van der Waals surface area contributed by atoms with Crippen molar-refractivity contribution >= 4 is 80.8 Å². The van der Waals surface area contributed by atoms with E-state index in [0.717, 1.165) is 10.8 Å². The van der Waals surface area contributed by atoms with Gasteiger partial charge in [-0.25, -0.2) is 0 Å².